The van der Waals surface area contributed by atoms with E-state index in [9.17, 15) is 4.79 Å². The molecule has 114 valence electrons. The van der Waals surface area contributed by atoms with Crippen LogP contribution in [0.1, 0.15) is 22.9 Å². The van der Waals surface area contributed by atoms with Crippen LogP contribution in [0.4, 0.5) is 0 Å². The van der Waals surface area contributed by atoms with Gasteiger partial charge in [-0.15, -0.1) is 11.8 Å². The summed E-state index contributed by atoms with van der Waals surface area (Å²) in [6.45, 7) is 0.506. The van der Waals surface area contributed by atoms with Crippen molar-refractivity contribution in [3.8, 4) is 0 Å². The lowest BCUT2D eigenvalue weighted by molar-refractivity contribution is -0.132. The van der Waals surface area contributed by atoms with Crippen molar-refractivity contribution in [3.05, 3.63) is 63.9 Å². The molecular weight excluding hydrogens is 339 g/mol. The predicted molar refractivity (Wildman–Crippen MR) is 91.1 cm³/mol. The molecule has 3 rings (SSSR count). The highest BCUT2D eigenvalue weighted by molar-refractivity contribution is 7.99. The summed E-state index contributed by atoms with van der Waals surface area (Å²) < 4.78 is 0. The second-order valence-electron chi connectivity index (χ2n) is 4.99. The monoisotopic (exact) mass is 352 g/mol. The Hall–Kier alpha value is -1.23. The third kappa shape index (κ3) is 3.24. The highest BCUT2D eigenvalue weighted by Crippen LogP contribution is 2.43. The first-order valence-electron chi connectivity index (χ1n) is 6.90. The molecule has 0 spiro atoms. The van der Waals surface area contributed by atoms with E-state index in [1.807, 2.05) is 35.2 Å². The summed E-state index contributed by atoms with van der Waals surface area (Å²) in [4.78, 5) is 18.4. The number of hydrogen-bond acceptors (Lipinski definition) is 3. The maximum absolute atomic E-state index is 12.4. The summed E-state index contributed by atoms with van der Waals surface area (Å²) >= 11 is 14.4. The number of hydrogen-bond donors (Lipinski definition) is 0. The Labute approximate surface area is 143 Å². The Kier molecular flexibility index (Phi) is 4.91. The number of rotatable bonds is 3. The van der Waals surface area contributed by atoms with E-state index in [1.165, 1.54) is 0 Å². The normalized spacial score (nSPS) is 18.5. The quantitative estimate of drug-likeness (QED) is 0.812. The SMILES string of the molecule is O=C1CCSC(c2c(Cl)cccc2Cl)N1Cc1cccnc1. The summed E-state index contributed by atoms with van der Waals surface area (Å²) in [5.41, 5.74) is 1.80. The molecule has 1 aliphatic heterocycles. The van der Waals surface area contributed by atoms with Gasteiger partial charge in [0.2, 0.25) is 5.91 Å². The van der Waals surface area contributed by atoms with Crippen molar-refractivity contribution in [2.75, 3.05) is 5.75 Å². The Morgan fingerprint density at radius 1 is 1.23 bits per heavy atom. The van der Waals surface area contributed by atoms with Crippen LogP contribution in [-0.2, 0) is 11.3 Å². The molecule has 0 radical (unpaired) electrons. The molecule has 1 fully saturated rings. The molecule has 0 N–H and O–H groups in total. The average Bonchev–Trinajstić information content (AvgIpc) is 2.51. The zero-order valence-corrected chi connectivity index (χ0v) is 14.0. The van der Waals surface area contributed by atoms with Crippen LogP contribution in [-0.4, -0.2) is 21.5 Å². The largest absolute Gasteiger partial charge is 0.322 e. The second kappa shape index (κ2) is 6.90. The Balaban J connectivity index is 1.95. The van der Waals surface area contributed by atoms with Crippen LogP contribution in [0.25, 0.3) is 0 Å². The Morgan fingerprint density at radius 3 is 2.68 bits per heavy atom. The van der Waals surface area contributed by atoms with Gasteiger partial charge >= 0.3 is 0 Å². The predicted octanol–water partition coefficient (Wildman–Crippen LogP) is 4.55. The number of nitrogens with zero attached hydrogens (tertiary/aromatic N) is 2. The molecule has 1 atom stereocenters. The minimum Gasteiger partial charge on any atom is -0.322 e. The fourth-order valence-electron chi connectivity index (χ4n) is 2.47. The van der Waals surface area contributed by atoms with Gasteiger partial charge in [-0.25, -0.2) is 0 Å². The molecule has 2 heterocycles. The van der Waals surface area contributed by atoms with Crippen molar-refractivity contribution in [2.24, 2.45) is 0 Å². The number of amides is 1. The Bertz CT molecular complexity index is 661. The van der Waals surface area contributed by atoms with Gasteiger partial charge in [0.05, 0.1) is 0 Å². The molecule has 6 heteroatoms. The standard InChI is InChI=1S/C16H14Cl2N2OS/c17-12-4-1-5-13(18)15(12)16-20(14(21)6-8-22-16)10-11-3-2-7-19-9-11/h1-5,7,9,16H,6,8,10H2. The molecule has 1 aromatic heterocycles. The first-order chi connectivity index (χ1) is 10.7. The van der Waals surface area contributed by atoms with Gasteiger partial charge in [0.15, 0.2) is 0 Å². The summed E-state index contributed by atoms with van der Waals surface area (Å²) in [7, 11) is 0. The molecular formula is C16H14Cl2N2OS. The zero-order chi connectivity index (χ0) is 15.5. The van der Waals surface area contributed by atoms with E-state index >= 15 is 0 Å². The van der Waals surface area contributed by atoms with Crippen LogP contribution in [0.3, 0.4) is 0 Å². The highest BCUT2D eigenvalue weighted by atomic mass is 35.5. The zero-order valence-electron chi connectivity index (χ0n) is 11.7. The van der Waals surface area contributed by atoms with E-state index in [0.29, 0.717) is 23.0 Å². The van der Waals surface area contributed by atoms with Gasteiger partial charge in [0.1, 0.15) is 5.37 Å². The molecule has 1 amide bonds. The lowest BCUT2D eigenvalue weighted by atomic mass is 10.1. The molecule has 0 aliphatic carbocycles. The molecule has 1 saturated heterocycles. The van der Waals surface area contributed by atoms with Crippen LogP contribution in [0.2, 0.25) is 10.0 Å². The fourth-order valence-corrected chi connectivity index (χ4v) is 4.51. The number of halogens is 2. The maximum atomic E-state index is 12.4. The molecule has 22 heavy (non-hydrogen) atoms. The minimum atomic E-state index is -0.164. The van der Waals surface area contributed by atoms with Gasteiger partial charge in [0, 0.05) is 46.7 Å². The highest BCUT2D eigenvalue weighted by Gasteiger charge is 2.32. The first kappa shape index (κ1) is 15.7. The van der Waals surface area contributed by atoms with Crippen LogP contribution >= 0.6 is 35.0 Å². The van der Waals surface area contributed by atoms with E-state index in [-0.39, 0.29) is 11.3 Å². The van der Waals surface area contributed by atoms with Crippen molar-refractivity contribution in [1.29, 1.82) is 0 Å². The van der Waals surface area contributed by atoms with Gasteiger partial charge in [-0.2, -0.15) is 0 Å². The number of aromatic nitrogens is 1. The van der Waals surface area contributed by atoms with Crippen LogP contribution in [0.5, 0.6) is 0 Å². The van der Waals surface area contributed by atoms with Gasteiger partial charge in [-0.05, 0) is 23.8 Å². The summed E-state index contributed by atoms with van der Waals surface area (Å²) in [6, 6.07) is 9.27. The molecule has 1 aliphatic rings. The second-order valence-corrected chi connectivity index (χ2v) is 6.99. The lowest BCUT2D eigenvalue weighted by Crippen LogP contribution is -2.37. The van der Waals surface area contributed by atoms with Gasteiger partial charge < -0.3 is 4.90 Å². The topological polar surface area (TPSA) is 33.2 Å². The van der Waals surface area contributed by atoms with Gasteiger partial charge in [-0.3, -0.25) is 9.78 Å². The molecule has 0 saturated carbocycles. The molecule has 1 aromatic carbocycles. The molecule has 0 bridgehead atoms. The summed E-state index contributed by atoms with van der Waals surface area (Å²) in [5, 5.41) is 1.02. The van der Waals surface area contributed by atoms with Gasteiger partial charge in [-0.1, -0.05) is 35.3 Å². The molecule has 3 nitrogen and oxygen atoms in total. The van der Waals surface area contributed by atoms with E-state index in [2.05, 4.69) is 4.98 Å². The van der Waals surface area contributed by atoms with Crippen molar-refractivity contribution < 1.29 is 4.79 Å². The van der Waals surface area contributed by atoms with Gasteiger partial charge in [0.25, 0.3) is 0 Å². The van der Waals surface area contributed by atoms with Crippen LogP contribution in [0.15, 0.2) is 42.7 Å². The van der Waals surface area contributed by atoms with Crippen molar-refractivity contribution in [2.45, 2.75) is 18.3 Å². The van der Waals surface area contributed by atoms with E-state index in [4.69, 9.17) is 23.2 Å². The van der Waals surface area contributed by atoms with Crippen LogP contribution in [0, 0.1) is 0 Å². The summed E-state index contributed by atoms with van der Waals surface area (Å²) in [5.74, 6) is 0.887. The van der Waals surface area contributed by atoms with Crippen LogP contribution < -0.4 is 0 Å². The van der Waals surface area contributed by atoms with E-state index < -0.39 is 0 Å². The minimum absolute atomic E-state index is 0.114. The summed E-state index contributed by atoms with van der Waals surface area (Å²) in [6.07, 6.45) is 4.03. The van der Waals surface area contributed by atoms with Crippen molar-refractivity contribution in [3.63, 3.8) is 0 Å². The molecule has 2 aromatic rings. The average molecular weight is 353 g/mol. The van der Waals surface area contributed by atoms with E-state index in [1.54, 1.807) is 24.2 Å². The van der Waals surface area contributed by atoms with E-state index in [0.717, 1.165) is 16.9 Å². The Morgan fingerprint density at radius 2 is 2.00 bits per heavy atom. The number of thioether (sulfide) groups is 1. The fraction of sp³-hybridized carbons (Fsp3) is 0.250. The number of carbonyl (C=O) groups excluding carboxylic acids is 1. The smallest absolute Gasteiger partial charge is 0.224 e. The number of pyridine rings is 1. The van der Waals surface area contributed by atoms with Crippen molar-refractivity contribution >= 4 is 40.9 Å². The number of benzene rings is 1. The van der Waals surface area contributed by atoms with Crippen molar-refractivity contribution in [1.82, 2.24) is 9.88 Å². The lowest BCUT2D eigenvalue weighted by Gasteiger charge is -2.36. The number of carbonyl (C=O) groups is 1. The third-order valence-electron chi connectivity index (χ3n) is 3.52. The maximum Gasteiger partial charge on any atom is 0.224 e. The third-order valence-corrected chi connectivity index (χ3v) is 5.42. The molecule has 1 unspecified atom stereocenters. The first-order valence-corrected chi connectivity index (χ1v) is 8.71.